The minimum absolute atomic E-state index is 0.616. The Morgan fingerprint density at radius 3 is 2.53 bits per heavy atom. The third kappa shape index (κ3) is 2.91. The summed E-state index contributed by atoms with van der Waals surface area (Å²) >= 11 is 0. The molecule has 2 heterocycles. The molecule has 0 spiro atoms. The summed E-state index contributed by atoms with van der Waals surface area (Å²) in [5, 5.41) is 11.0. The maximum absolute atomic E-state index is 4.75. The van der Waals surface area contributed by atoms with Gasteiger partial charge in [-0.05, 0) is 32.7 Å². The van der Waals surface area contributed by atoms with E-state index in [0.29, 0.717) is 12.0 Å². The van der Waals surface area contributed by atoms with E-state index in [-0.39, 0.29) is 0 Å². The molecule has 1 saturated heterocycles. The molecular formula is C14H25N5. The Hall–Kier alpha value is -1.10. The van der Waals surface area contributed by atoms with Crippen LogP contribution in [-0.2, 0) is 0 Å². The third-order valence-electron chi connectivity index (χ3n) is 4.67. The van der Waals surface area contributed by atoms with E-state index < -0.39 is 0 Å². The topological polar surface area (TPSA) is 56.8 Å². The lowest BCUT2D eigenvalue weighted by molar-refractivity contribution is 0.428. The van der Waals surface area contributed by atoms with Crippen LogP contribution in [0.25, 0.3) is 0 Å². The minimum Gasteiger partial charge on any atom is -0.339 e. The molecule has 1 aromatic heterocycles. The van der Waals surface area contributed by atoms with Crippen molar-refractivity contribution in [1.82, 2.24) is 20.5 Å². The Balaban J connectivity index is 1.61. The smallest absolute Gasteiger partial charge is 0.244 e. The molecule has 1 aliphatic carbocycles. The van der Waals surface area contributed by atoms with E-state index in [1.54, 1.807) is 0 Å². The van der Waals surface area contributed by atoms with Crippen molar-refractivity contribution in [3.05, 3.63) is 5.82 Å². The number of hydrogen-bond donors (Lipinski definition) is 2. The van der Waals surface area contributed by atoms with Crippen LogP contribution in [-0.4, -0.2) is 41.4 Å². The second-order valence-electron chi connectivity index (χ2n) is 5.91. The van der Waals surface area contributed by atoms with Crippen LogP contribution in [0, 0.1) is 0 Å². The van der Waals surface area contributed by atoms with Crippen LogP contribution in [0.15, 0.2) is 0 Å². The van der Waals surface area contributed by atoms with E-state index in [1.807, 2.05) is 7.05 Å². The highest BCUT2D eigenvalue weighted by atomic mass is 15.4. The molecule has 1 aliphatic heterocycles. The van der Waals surface area contributed by atoms with Crippen molar-refractivity contribution in [1.29, 1.82) is 0 Å². The van der Waals surface area contributed by atoms with Crippen molar-refractivity contribution in [3.8, 4) is 0 Å². The number of nitrogens with one attached hydrogen (secondary N) is 2. The molecule has 0 aromatic carbocycles. The molecule has 1 saturated carbocycles. The molecule has 0 atom stereocenters. The normalized spacial score (nSPS) is 22.9. The van der Waals surface area contributed by atoms with Gasteiger partial charge in [-0.15, -0.1) is 5.10 Å². The van der Waals surface area contributed by atoms with Crippen molar-refractivity contribution in [2.75, 3.05) is 25.0 Å². The molecule has 0 amide bonds. The average molecular weight is 263 g/mol. The minimum atomic E-state index is 0.616. The molecular weight excluding hydrogens is 238 g/mol. The van der Waals surface area contributed by atoms with E-state index in [9.17, 15) is 0 Å². The molecule has 0 unspecified atom stereocenters. The first-order chi connectivity index (χ1) is 9.36. The second-order valence-corrected chi connectivity index (χ2v) is 5.91. The molecule has 1 aromatic rings. The van der Waals surface area contributed by atoms with Gasteiger partial charge in [-0.25, -0.2) is 0 Å². The van der Waals surface area contributed by atoms with Crippen LogP contribution in [0.2, 0.25) is 0 Å². The molecule has 3 rings (SSSR count). The second kappa shape index (κ2) is 5.90. The maximum Gasteiger partial charge on any atom is 0.244 e. The summed E-state index contributed by atoms with van der Waals surface area (Å²) in [6.45, 7) is 2.13. The highest BCUT2D eigenvalue weighted by molar-refractivity contribution is 5.30. The Bertz CT molecular complexity index is 388. The molecule has 0 bridgehead atoms. The lowest BCUT2D eigenvalue weighted by Crippen LogP contribution is -2.41. The van der Waals surface area contributed by atoms with E-state index in [0.717, 1.165) is 24.9 Å². The van der Waals surface area contributed by atoms with Crippen LogP contribution in [0.3, 0.4) is 0 Å². The van der Waals surface area contributed by atoms with E-state index in [4.69, 9.17) is 4.98 Å². The van der Waals surface area contributed by atoms with Gasteiger partial charge in [0.15, 0.2) is 0 Å². The van der Waals surface area contributed by atoms with Gasteiger partial charge in [0, 0.05) is 25.0 Å². The summed E-state index contributed by atoms with van der Waals surface area (Å²) < 4.78 is 0. The quantitative estimate of drug-likeness (QED) is 0.876. The van der Waals surface area contributed by atoms with E-state index in [2.05, 4.69) is 20.4 Å². The predicted molar refractivity (Wildman–Crippen MR) is 76.5 cm³/mol. The van der Waals surface area contributed by atoms with Gasteiger partial charge in [-0.2, -0.15) is 4.98 Å². The fourth-order valence-corrected chi connectivity index (χ4v) is 3.33. The lowest BCUT2D eigenvalue weighted by Gasteiger charge is -2.30. The number of hydrogen-bond acceptors (Lipinski definition) is 4. The van der Waals surface area contributed by atoms with Crippen molar-refractivity contribution in [2.24, 2.45) is 0 Å². The third-order valence-corrected chi connectivity index (χ3v) is 4.67. The molecule has 0 radical (unpaired) electrons. The van der Waals surface area contributed by atoms with Gasteiger partial charge in [0.2, 0.25) is 5.95 Å². The monoisotopic (exact) mass is 263 g/mol. The van der Waals surface area contributed by atoms with Gasteiger partial charge < -0.3 is 10.2 Å². The average Bonchev–Trinajstić information content (AvgIpc) is 2.98. The molecule has 106 valence electrons. The van der Waals surface area contributed by atoms with Gasteiger partial charge >= 0.3 is 0 Å². The summed E-state index contributed by atoms with van der Waals surface area (Å²) in [6.07, 6.45) is 8.98. The zero-order valence-corrected chi connectivity index (χ0v) is 11.9. The number of nitrogens with zero attached hydrogens (tertiary/aromatic N) is 3. The first kappa shape index (κ1) is 12.9. The van der Waals surface area contributed by atoms with Crippen LogP contribution in [0.1, 0.15) is 56.7 Å². The fourth-order valence-electron chi connectivity index (χ4n) is 3.33. The molecule has 2 aliphatic rings. The first-order valence-corrected chi connectivity index (χ1v) is 7.71. The fraction of sp³-hybridized carbons (Fsp3) is 0.857. The summed E-state index contributed by atoms with van der Waals surface area (Å²) in [5.74, 6) is 2.64. The molecule has 2 N–H and O–H groups in total. The van der Waals surface area contributed by atoms with Gasteiger partial charge in [0.1, 0.15) is 5.82 Å². The van der Waals surface area contributed by atoms with Crippen molar-refractivity contribution in [2.45, 2.75) is 56.9 Å². The van der Waals surface area contributed by atoms with Crippen molar-refractivity contribution < 1.29 is 0 Å². The molecule has 5 nitrogen and oxygen atoms in total. The van der Waals surface area contributed by atoms with E-state index in [1.165, 1.54) is 44.9 Å². The summed E-state index contributed by atoms with van der Waals surface area (Å²) in [5.41, 5.74) is 0. The summed E-state index contributed by atoms with van der Waals surface area (Å²) in [4.78, 5) is 7.06. The SMILES string of the molecule is CNC1CCN(c2n[nH]c(C3CCCCC3)n2)CC1. The van der Waals surface area contributed by atoms with Crippen LogP contribution < -0.4 is 10.2 Å². The van der Waals surface area contributed by atoms with E-state index >= 15 is 0 Å². The largest absolute Gasteiger partial charge is 0.339 e. The van der Waals surface area contributed by atoms with Crippen molar-refractivity contribution >= 4 is 5.95 Å². The highest BCUT2D eigenvalue weighted by Gasteiger charge is 2.23. The molecule has 2 fully saturated rings. The molecule has 19 heavy (non-hydrogen) atoms. The number of anilines is 1. The first-order valence-electron chi connectivity index (χ1n) is 7.71. The zero-order valence-electron chi connectivity index (χ0n) is 11.9. The van der Waals surface area contributed by atoms with Crippen LogP contribution in [0.4, 0.5) is 5.95 Å². The lowest BCUT2D eigenvalue weighted by atomic mass is 9.89. The zero-order chi connectivity index (χ0) is 13.1. The van der Waals surface area contributed by atoms with Gasteiger partial charge in [0.25, 0.3) is 0 Å². The van der Waals surface area contributed by atoms with Gasteiger partial charge in [0.05, 0.1) is 0 Å². The Morgan fingerprint density at radius 1 is 1.11 bits per heavy atom. The predicted octanol–water partition coefficient (Wildman–Crippen LogP) is 2.04. The van der Waals surface area contributed by atoms with Gasteiger partial charge in [-0.1, -0.05) is 19.3 Å². The Morgan fingerprint density at radius 2 is 1.84 bits per heavy atom. The van der Waals surface area contributed by atoms with Crippen molar-refractivity contribution in [3.63, 3.8) is 0 Å². The number of aromatic nitrogens is 3. The summed E-state index contributed by atoms with van der Waals surface area (Å²) in [7, 11) is 2.05. The maximum atomic E-state index is 4.75. The van der Waals surface area contributed by atoms with Gasteiger partial charge in [-0.3, -0.25) is 5.10 Å². The van der Waals surface area contributed by atoms with Crippen LogP contribution in [0.5, 0.6) is 0 Å². The summed E-state index contributed by atoms with van der Waals surface area (Å²) in [6, 6.07) is 0.660. The van der Waals surface area contributed by atoms with Crippen LogP contribution >= 0.6 is 0 Å². The standard InChI is InChI=1S/C14H25N5/c1-15-12-7-9-19(10-8-12)14-16-13(17-18-14)11-5-3-2-4-6-11/h11-12,15H,2-10H2,1H3,(H,16,17,18). The number of H-pyrrole nitrogens is 1. The molecule has 5 heteroatoms. The number of piperidine rings is 1. The highest BCUT2D eigenvalue weighted by Crippen LogP contribution is 2.31. The Labute approximate surface area is 115 Å². The number of rotatable bonds is 3. The Kier molecular flexibility index (Phi) is 4.01. The number of aromatic amines is 1.